The van der Waals surface area contributed by atoms with Gasteiger partial charge in [-0.1, -0.05) is 30.3 Å². The summed E-state index contributed by atoms with van der Waals surface area (Å²) in [7, 11) is 0. The summed E-state index contributed by atoms with van der Waals surface area (Å²) < 4.78 is 5.74. The van der Waals surface area contributed by atoms with Gasteiger partial charge in [0.1, 0.15) is 6.04 Å². The second kappa shape index (κ2) is 5.19. The summed E-state index contributed by atoms with van der Waals surface area (Å²) in [5.41, 5.74) is 0.917. The molecular weight excluding hydrogens is 252 g/mol. The molecule has 20 heavy (non-hydrogen) atoms. The van der Waals surface area contributed by atoms with Crippen LogP contribution in [0.25, 0.3) is 0 Å². The van der Waals surface area contributed by atoms with Crippen LogP contribution in [0.2, 0.25) is 0 Å². The van der Waals surface area contributed by atoms with E-state index < -0.39 is 0 Å². The molecule has 0 aromatic heterocycles. The van der Waals surface area contributed by atoms with Crippen molar-refractivity contribution < 1.29 is 9.53 Å². The van der Waals surface area contributed by atoms with Crippen LogP contribution in [0, 0.1) is 0 Å². The van der Waals surface area contributed by atoms with E-state index in [1.54, 1.807) is 0 Å². The molecule has 2 atom stereocenters. The van der Waals surface area contributed by atoms with Crippen LogP contribution in [-0.2, 0) is 9.53 Å². The number of carbonyl (C=O) groups excluding carboxylic acids is 1. The lowest BCUT2D eigenvalue weighted by Crippen LogP contribution is -2.47. The third-order valence-corrected chi connectivity index (χ3v) is 4.24. The van der Waals surface area contributed by atoms with Crippen LogP contribution in [0.3, 0.4) is 0 Å². The van der Waals surface area contributed by atoms with Crippen molar-refractivity contribution in [3.05, 3.63) is 35.9 Å². The molecule has 2 aliphatic heterocycles. The van der Waals surface area contributed by atoms with Gasteiger partial charge in [-0.2, -0.15) is 0 Å². The van der Waals surface area contributed by atoms with E-state index in [0.29, 0.717) is 6.67 Å². The molecule has 0 spiro atoms. The van der Waals surface area contributed by atoms with Gasteiger partial charge in [0, 0.05) is 12.6 Å². The Morgan fingerprint density at radius 1 is 1.30 bits per heavy atom. The lowest BCUT2D eigenvalue weighted by atomic mass is 9.93. The first-order chi connectivity index (χ1) is 9.57. The number of hydrogen-bond acceptors (Lipinski definition) is 3. The Hall–Kier alpha value is -1.39. The number of rotatable bonds is 2. The lowest BCUT2D eigenvalue weighted by Gasteiger charge is -2.39. The van der Waals surface area contributed by atoms with Gasteiger partial charge in [0.15, 0.2) is 0 Å². The molecule has 1 aromatic carbocycles. The van der Waals surface area contributed by atoms with Crippen molar-refractivity contribution in [2.24, 2.45) is 0 Å². The normalized spacial score (nSPS) is 29.7. The number of carbonyl (C=O) groups is 1. The molecule has 2 heterocycles. The summed E-state index contributed by atoms with van der Waals surface area (Å²) in [5, 5.41) is 3.33. The average Bonchev–Trinajstić information content (AvgIpc) is 2.80. The van der Waals surface area contributed by atoms with Crippen molar-refractivity contribution in [3.63, 3.8) is 0 Å². The van der Waals surface area contributed by atoms with Crippen molar-refractivity contribution in [1.29, 1.82) is 0 Å². The highest BCUT2D eigenvalue weighted by Crippen LogP contribution is 2.31. The van der Waals surface area contributed by atoms with Crippen LogP contribution in [0.5, 0.6) is 0 Å². The van der Waals surface area contributed by atoms with Crippen LogP contribution < -0.4 is 5.32 Å². The third-order valence-electron chi connectivity index (χ3n) is 4.24. The number of nitrogens with one attached hydrogen (secondary N) is 1. The number of hydrogen-bond donors (Lipinski definition) is 1. The Morgan fingerprint density at radius 3 is 2.75 bits per heavy atom. The van der Waals surface area contributed by atoms with Gasteiger partial charge in [0.25, 0.3) is 0 Å². The van der Waals surface area contributed by atoms with Crippen molar-refractivity contribution in [3.8, 4) is 0 Å². The summed E-state index contributed by atoms with van der Waals surface area (Å²) in [6.45, 7) is 5.57. The molecule has 2 fully saturated rings. The van der Waals surface area contributed by atoms with E-state index in [2.05, 4.69) is 19.2 Å². The van der Waals surface area contributed by atoms with Gasteiger partial charge in [-0.05, 0) is 32.3 Å². The second-order valence-electron chi connectivity index (χ2n) is 6.27. The number of amides is 1. The molecule has 0 radical (unpaired) electrons. The van der Waals surface area contributed by atoms with Gasteiger partial charge in [-0.15, -0.1) is 0 Å². The van der Waals surface area contributed by atoms with Crippen molar-refractivity contribution in [2.45, 2.75) is 44.4 Å². The minimum absolute atomic E-state index is 0.131. The first-order valence-corrected chi connectivity index (χ1v) is 7.30. The first-order valence-electron chi connectivity index (χ1n) is 7.30. The highest BCUT2D eigenvalue weighted by Gasteiger charge is 2.40. The van der Waals surface area contributed by atoms with Crippen LogP contribution in [0.15, 0.2) is 30.3 Å². The topological polar surface area (TPSA) is 41.6 Å². The van der Waals surface area contributed by atoms with Gasteiger partial charge in [-0.3, -0.25) is 10.1 Å². The van der Waals surface area contributed by atoms with Crippen LogP contribution in [-0.4, -0.2) is 35.7 Å². The molecule has 108 valence electrons. The van der Waals surface area contributed by atoms with Gasteiger partial charge < -0.3 is 9.64 Å². The average molecular weight is 274 g/mol. The van der Waals surface area contributed by atoms with Crippen LogP contribution >= 0.6 is 0 Å². The fraction of sp³-hybridized carbons (Fsp3) is 0.562. The molecule has 2 unspecified atom stereocenters. The minimum Gasteiger partial charge on any atom is -0.375 e. The standard InChI is InChI=1S/C16H22N2O2/c1-16(2)10-13(8-9-20-16)18-11-17-14(15(18)19)12-6-4-3-5-7-12/h3-7,13-14,17H,8-11H2,1-2H3. The maximum absolute atomic E-state index is 12.6. The van der Waals surface area contributed by atoms with Gasteiger partial charge in [0.2, 0.25) is 5.91 Å². The zero-order valence-corrected chi connectivity index (χ0v) is 12.1. The third kappa shape index (κ3) is 2.58. The van der Waals surface area contributed by atoms with Crippen molar-refractivity contribution in [1.82, 2.24) is 10.2 Å². The fourth-order valence-electron chi connectivity index (χ4n) is 3.20. The van der Waals surface area contributed by atoms with E-state index in [9.17, 15) is 4.79 Å². The molecule has 0 saturated carbocycles. The zero-order chi connectivity index (χ0) is 14.2. The Balaban J connectivity index is 1.73. The largest absolute Gasteiger partial charge is 0.375 e. The molecule has 2 saturated heterocycles. The number of benzene rings is 1. The monoisotopic (exact) mass is 274 g/mol. The molecule has 1 aromatic rings. The molecule has 2 aliphatic rings. The summed E-state index contributed by atoms with van der Waals surface area (Å²) >= 11 is 0. The van der Waals surface area contributed by atoms with Crippen molar-refractivity contribution in [2.75, 3.05) is 13.3 Å². The predicted octanol–water partition coefficient (Wildman–Crippen LogP) is 2.07. The van der Waals surface area contributed by atoms with Crippen molar-refractivity contribution >= 4 is 5.91 Å². The highest BCUT2D eigenvalue weighted by molar-refractivity contribution is 5.85. The van der Waals surface area contributed by atoms with Crippen LogP contribution in [0.4, 0.5) is 0 Å². The minimum atomic E-state index is -0.192. The Labute approximate surface area is 120 Å². The molecule has 0 aliphatic carbocycles. The smallest absolute Gasteiger partial charge is 0.245 e. The predicted molar refractivity (Wildman–Crippen MR) is 77.1 cm³/mol. The summed E-state index contributed by atoms with van der Waals surface area (Å²) in [6, 6.07) is 10.0. The highest BCUT2D eigenvalue weighted by atomic mass is 16.5. The molecule has 1 amide bonds. The number of ether oxygens (including phenoxy) is 1. The zero-order valence-electron chi connectivity index (χ0n) is 12.1. The maximum Gasteiger partial charge on any atom is 0.245 e. The lowest BCUT2D eigenvalue weighted by molar-refractivity contribution is -0.136. The van der Waals surface area contributed by atoms with E-state index in [1.807, 2.05) is 35.2 Å². The van der Waals surface area contributed by atoms with Gasteiger partial charge in [-0.25, -0.2) is 0 Å². The Kier molecular flexibility index (Phi) is 3.52. The van der Waals surface area contributed by atoms with E-state index in [-0.39, 0.29) is 23.6 Å². The second-order valence-corrected chi connectivity index (χ2v) is 6.27. The van der Waals surface area contributed by atoms with E-state index in [1.165, 1.54) is 0 Å². The van der Waals surface area contributed by atoms with E-state index in [4.69, 9.17) is 4.74 Å². The molecule has 1 N–H and O–H groups in total. The maximum atomic E-state index is 12.6. The molecule has 0 bridgehead atoms. The van der Waals surface area contributed by atoms with E-state index in [0.717, 1.165) is 25.0 Å². The quantitative estimate of drug-likeness (QED) is 0.897. The number of nitrogens with zero attached hydrogens (tertiary/aromatic N) is 1. The molecule has 3 rings (SSSR count). The fourth-order valence-corrected chi connectivity index (χ4v) is 3.20. The Bertz CT molecular complexity index is 487. The Morgan fingerprint density at radius 2 is 2.05 bits per heavy atom. The van der Waals surface area contributed by atoms with Gasteiger partial charge in [0.05, 0.1) is 12.3 Å². The first kappa shape index (κ1) is 13.6. The summed E-state index contributed by atoms with van der Waals surface area (Å²) in [4.78, 5) is 14.6. The summed E-state index contributed by atoms with van der Waals surface area (Å²) in [5.74, 6) is 0.193. The molecule has 4 heteroatoms. The van der Waals surface area contributed by atoms with Gasteiger partial charge >= 0.3 is 0 Å². The molecular formula is C16H22N2O2. The van der Waals surface area contributed by atoms with E-state index >= 15 is 0 Å². The van der Waals surface area contributed by atoms with Crippen LogP contribution in [0.1, 0.15) is 38.3 Å². The molecule has 4 nitrogen and oxygen atoms in total. The summed E-state index contributed by atoms with van der Waals surface area (Å²) in [6.07, 6.45) is 1.83. The SMILES string of the molecule is CC1(C)CC(N2CNC(c3ccccc3)C2=O)CCO1.